The normalized spacial score (nSPS) is 28.9. The van der Waals surface area contributed by atoms with E-state index < -0.39 is 0 Å². The molecule has 1 saturated carbocycles. The highest BCUT2D eigenvalue weighted by Gasteiger charge is 2.35. The van der Waals surface area contributed by atoms with Gasteiger partial charge in [0.25, 0.3) is 0 Å². The first kappa shape index (κ1) is 9.26. The average Bonchev–Trinajstić information content (AvgIpc) is 2.72. The SMILES string of the molecule is C=CC1(N2CCCC2)CCCCC1. The molecule has 0 bridgehead atoms. The maximum Gasteiger partial charge on any atom is 0.0388 e. The minimum atomic E-state index is 0.398. The summed E-state index contributed by atoms with van der Waals surface area (Å²) in [4.78, 5) is 2.68. The summed E-state index contributed by atoms with van der Waals surface area (Å²) in [5, 5.41) is 0. The van der Waals surface area contributed by atoms with Gasteiger partial charge in [-0.15, -0.1) is 6.58 Å². The molecule has 1 saturated heterocycles. The monoisotopic (exact) mass is 179 g/mol. The Labute approximate surface area is 81.8 Å². The lowest BCUT2D eigenvalue weighted by molar-refractivity contribution is 0.119. The fourth-order valence-corrected chi connectivity index (χ4v) is 2.98. The molecule has 13 heavy (non-hydrogen) atoms. The van der Waals surface area contributed by atoms with Crippen molar-refractivity contribution < 1.29 is 0 Å². The summed E-state index contributed by atoms with van der Waals surface area (Å²) in [5.74, 6) is 0. The molecule has 2 fully saturated rings. The Balaban J connectivity index is 2.07. The Morgan fingerprint density at radius 1 is 0.923 bits per heavy atom. The molecule has 0 atom stereocenters. The first-order valence-corrected chi connectivity index (χ1v) is 5.76. The van der Waals surface area contributed by atoms with Gasteiger partial charge in [0.2, 0.25) is 0 Å². The van der Waals surface area contributed by atoms with Crippen LogP contribution in [0.4, 0.5) is 0 Å². The summed E-state index contributed by atoms with van der Waals surface area (Å²) in [6, 6.07) is 0. The van der Waals surface area contributed by atoms with Crippen LogP contribution in [0.5, 0.6) is 0 Å². The van der Waals surface area contributed by atoms with Gasteiger partial charge in [-0.3, -0.25) is 4.90 Å². The summed E-state index contributed by atoms with van der Waals surface area (Å²) in [6.07, 6.45) is 12.0. The third-order valence-electron chi connectivity index (χ3n) is 3.84. The van der Waals surface area contributed by atoms with Crippen molar-refractivity contribution in [2.24, 2.45) is 0 Å². The summed E-state index contributed by atoms with van der Waals surface area (Å²) < 4.78 is 0. The van der Waals surface area contributed by atoms with E-state index in [0.29, 0.717) is 5.54 Å². The van der Waals surface area contributed by atoms with Gasteiger partial charge in [-0.25, -0.2) is 0 Å². The molecule has 1 heteroatoms. The van der Waals surface area contributed by atoms with Gasteiger partial charge >= 0.3 is 0 Å². The largest absolute Gasteiger partial charge is 0.294 e. The van der Waals surface area contributed by atoms with E-state index in [1.165, 1.54) is 58.0 Å². The fourth-order valence-electron chi connectivity index (χ4n) is 2.98. The van der Waals surface area contributed by atoms with Crippen LogP contribution in [0.15, 0.2) is 12.7 Å². The van der Waals surface area contributed by atoms with Gasteiger partial charge < -0.3 is 0 Å². The summed E-state index contributed by atoms with van der Waals surface area (Å²) in [5.41, 5.74) is 0.398. The number of hydrogen-bond donors (Lipinski definition) is 0. The van der Waals surface area contributed by atoms with Gasteiger partial charge in [-0.05, 0) is 38.8 Å². The molecule has 0 aromatic carbocycles. The molecule has 0 spiro atoms. The molecule has 0 N–H and O–H groups in total. The quantitative estimate of drug-likeness (QED) is 0.589. The van der Waals surface area contributed by atoms with E-state index in [4.69, 9.17) is 0 Å². The van der Waals surface area contributed by atoms with Crippen molar-refractivity contribution in [2.45, 2.75) is 50.5 Å². The van der Waals surface area contributed by atoms with Crippen LogP contribution in [-0.2, 0) is 0 Å². The number of rotatable bonds is 2. The van der Waals surface area contributed by atoms with E-state index in [1.54, 1.807) is 0 Å². The minimum Gasteiger partial charge on any atom is -0.294 e. The van der Waals surface area contributed by atoms with Crippen LogP contribution < -0.4 is 0 Å². The molecule has 1 nitrogen and oxygen atoms in total. The molecule has 0 amide bonds. The van der Waals surface area contributed by atoms with Crippen molar-refractivity contribution in [3.63, 3.8) is 0 Å². The van der Waals surface area contributed by atoms with E-state index >= 15 is 0 Å². The van der Waals surface area contributed by atoms with Crippen LogP contribution in [0.2, 0.25) is 0 Å². The zero-order valence-electron chi connectivity index (χ0n) is 8.60. The van der Waals surface area contributed by atoms with Gasteiger partial charge in [0, 0.05) is 5.54 Å². The fraction of sp³-hybridized carbons (Fsp3) is 0.833. The van der Waals surface area contributed by atoms with Gasteiger partial charge in [0.15, 0.2) is 0 Å². The Morgan fingerprint density at radius 3 is 2.08 bits per heavy atom. The van der Waals surface area contributed by atoms with E-state index in [0.717, 1.165) is 0 Å². The summed E-state index contributed by atoms with van der Waals surface area (Å²) in [6.45, 7) is 6.68. The predicted molar refractivity (Wildman–Crippen MR) is 56.8 cm³/mol. The second-order valence-electron chi connectivity index (χ2n) is 4.56. The van der Waals surface area contributed by atoms with Crippen molar-refractivity contribution in [3.8, 4) is 0 Å². The van der Waals surface area contributed by atoms with Crippen LogP contribution in [0.1, 0.15) is 44.9 Å². The highest BCUT2D eigenvalue weighted by atomic mass is 15.2. The van der Waals surface area contributed by atoms with Gasteiger partial charge in [-0.2, -0.15) is 0 Å². The first-order valence-electron chi connectivity index (χ1n) is 5.76. The molecule has 1 aliphatic carbocycles. The lowest BCUT2D eigenvalue weighted by Crippen LogP contribution is -2.46. The smallest absolute Gasteiger partial charge is 0.0388 e. The Bertz CT molecular complexity index is 174. The predicted octanol–water partition coefficient (Wildman–Crippen LogP) is 2.97. The standard InChI is InChI=1S/C12H21N/c1-2-12(8-4-3-5-9-12)13-10-6-7-11-13/h2H,1,3-11H2. The number of hydrogen-bond acceptors (Lipinski definition) is 1. The third kappa shape index (κ3) is 1.67. The van der Waals surface area contributed by atoms with Gasteiger partial charge in [0.05, 0.1) is 0 Å². The maximum atomic E-state index is 4.06. The van der Waals surface area contributed by atoms with Crippen LogP contribution >= 0.6 is 0 Å². The van der Waals surface area contributed by atoms with Crippen molar-refractivity contribution >= 4 is 0 Å². The molecule has 0 unspecified atom stereocenters. The van der Waals surface area contributed by atoms with Crippen molar-refractivity contribution in [1.82, 2.24) is 4.90 Å². The van der Waals surface area contributed by atoms with E-state index in [2.05, 4.69) is 17.6 Å². The van der Waals surface area contributed by atoms with E-state index in [9.17, 15) is 0 Å². The van der Waals surface area contributed by atoms with Crippen molar-refractivity contribution in [1.29, 1.82) is 0 Å². The molecular formula is C12H21N. The third-order valence-corrected chi connectivity index (χ3v) is 3.84. The van der Waals surface area contributed by atoms with Crippen molar-refractivity contribution in [3.05, 3.63) is 12.7 Å². The Hall–Kier alpha value is -0.300. The molecule has 2 aliphatic rings. The van der Waals surface area contributed by atoms with Crippen LogP contribution in [0.25, 0.3) is 0 Å². The lowest BCUT2D eigenvalue weighted by atomic mass is 9.80. The molecule has 0 aromatic heterocycles. The zero-order chi connectivity index (χ0) is 9.15. The maximum absolute atomic E-state index is 4.06. The molecule has 1 aliphatic heterocycles. The Morgan fingerprint density at radius 2 is 1.54 bits per heavy atom. The molecule has 2 rings (SSSR count). The van der Waals surface area contributed by atoms with E-state index in [1.807, 2.05) is 0 Å². The summed E-state index contributed by atoms with van der Waals surface area (Å²) >= 11 is 0. The molecule has 74 valence electrons. The molecule has 0 radical (unpaired) electrons. The second-order valence-corrected chi connectivity index (χ2v) is 4.56. The first-order chi connectivity index (χ1) is 6.37. The van der Waals surface area contributed by atoms with Crippen molar-refractivity contribution in [2.75, 3.05) is 13.1 Å². The highest BCUT2D eigenvalue weighted by Crippen LogP contribution is 2.36. The second kappa shape index (κ2) is 3.83. The average molecular weight is 179 g/mol. The lowest BCUT2D eigenvalue weighted by Gasteiger charge is -2.42. The molecule has 1 heterocycles. The van der Waals surface area contributed by atoms with Crippen LogP contribution in [0.3, 0.4) is 0 Å². The topological polar surface area (TPSA) is 3.24 Å². The minimum absolute atomic E-state index is 0.398. The van der Waals surface area contributed by atoms with E-state index in [-0.39, 0.29) is 0 Å². The van der Waals surface area contributed by atoms with Gasteiger partial charge in [-0.1, -0.05) is 25.3 Å². The zero-order valence-corrected chi connectivity index (χ0v) is 8.60. The van der Waals surface area contributed by atoms with Crippen LogP contribution in [0, 0.1) is 0 Å². The van der Waals surface area contributed by atoms with Crippen LogP contribution in [-0.4, -0.2) is 23.5 Å². The number of likely N-dealkylation sites (tertiary alicyclic amines) is 1. The molecule has 0 aromatic rings. The highest BCUT2D eigenvalue weighted by molar-refractivity contribution is 5.06. The Kier molecular flexibility index (Phi) is 2.73. The summed E-state index contributed by atoms with van der Waals surface area (Å²) in [7, 11) is 0. The van der Waals surface area contributed by atoms with Gasteiger partial charge in [0.1, 0.15) is 0 Å². The molecular weight excluding hydrogens is 158 g/mol. The number of nitrogens with zero attached hydrogens (tertiary/aromatic N) is 1.